The minimum atomic E-state index is 0.709. The molecule has 0 aliphatic heterocycles. The van der Waals surface area contributed by atoms with Gasteiger partial charge in [-0.15, -0.1) is 0 Å². The Kier molecular flexibility index (Phi) is 6.87. The Hall–Kier alpha value is -0.200. The number of thioether (sulfide) groups is 1. The van der Waals surface area contributed by atoms with E-state index >= 15 is 0 Å². The molecule has 1 fully saturated rings. The van der Waals surface area contributed by atoms with E-state index in [2.05, 4.69) is 30.1 Å². The fraction of sp³-hybridized carbons (Fsp3) is 0.917. The van der Waals surface area contributed by atoms with Gasteiger partial charge in [-0.05, 0) is 44.4 Å². The maximum Gasteiger partial charge on any atom is 0.0621 e. The van der Waals surface area contributed by atoms with Gasteiger partial charge in [-0.3, -0.25) is 0 Å². The molecule has 0 aromatic carbocycles. The summed E-state index contributed by atoms with van der Waals surface area (Å²) in [6.07, 6.45) is 6.97. The first kappa shape index (κ1) is 12.9. The SMILES string of the molecule is CCSC1CCC(NCCCCC#N)C1. The zero-order valence-electron chi connectivity index (χ0n) is 9.67. The molecule has 1 aliphatic carbocycles. The third-order valence-corrected chi connectivity index (χ3v) is 4.17. The molecule has 0 spiro atoms. The average molecular weight is 226 g/mol. The van der Waals surface area contributed by atoms with Gasteiger partial charge in [-0.1, -0.05) is 6.92 Å². The smallest absolute Gasteiger partial charge is 0.0621 e. The highest BCUT2D eigenvalue weighted by Crippen LogP contribution is 2.29. The van der Waals surface area contributed by atoms with Crippen LogP contribution in [0.25, 0.3) is 0 Å². The molecule has 86 valence electrons. The first-order chi connectivity index (χ1) is 7.36. The summed E-state index contributed by atoms with van der Waals surface area (Å²) in [4.78, 5) is 0. The molecular weight excluding hydrogens is 204 g/mol. The lowest BCUT2D eigenvalue weighted by Gasteiger charge is -2.12. The third-order valence-electron chi connectivity index (χ3n) is 2.94. The molecule has 1 saturated carbocycles. The van der Waals surface area contributed by atoms with Crippen LogP contribution in [0, 0.1) is 11.3 Å². The maximum absolute atomic E-state index is 8.40. The molecule has 15 heavy (non-hydrogen) atoms. The van der Waals surface area contributed by atoms with Gasteiger partial charge < -0.3 is 5.32 Å². The average Bonchev–Trinajstić information content (AvgIpc) is 2.66. The Labute approximate surface area is 97.8 Å². The minimum Gasteiger partial charge on any atom is -0.314 e. The third kappa shape index (κ3) is 5.44. The molecule has 2 unspecified atom stereocenters. The number of nitrogens with one attached hydrogen (secondary N) is 1. The second-order valence-electron chi connectivity index (χ2n) is 4.16. The van der Waals surface area contributed by atoms with E-state index < -0.39 is 0 Å². The van der Waals surface area contributed by atoms with Crippen LogP contribution in [-0.2, 0) is 0 Å². The second-order valence-corrected chi connectivity index (χ2v) is 5.73. The molecule has 0 saturated heterocycles. The zero-order chi connectivity index (χ0) is 10.9. The van der Waals surface area contributed by atoms with Crippen LogP contribution >= 0.6 is 11.8 Å². The van der Waals surface area contributed by atoms with Crippen molar-refractivity contribution in [2.45, 2.75) is 56.7 Å². The monoisotopic (exact) mass is 226 g/mol. The van der Waals surface area contributed by atoms with E-state index in [0.29, 0.717) is 6.42 Å². The van der Waals surface area contributed by atoms with Crippen LogP contribution in [-0.4, -0.2) is 23.6 Å². The Bertz CT molecular complexity index is 200. The number of hydrogen-bond acceptors (Lipinski definition) is 3. The standard InChI is InChI=1S/C12H22N2S/c1-2-15-12-7-6-11(10-12)14-9-5-3-4-8-13/h11-12,14H,2-7,9-10H2,1H3. The number of nitrogens with zero attached hydrogens (tertiary/aromatic N) is 1. The van der Waals surface area contributed by atoms with Crippen LogP contribution in [0.3, 0.4) is 0 Å². The van der Waals surface area contributed by atoms with E-state index in [9.17, 15) is 0 Å². The predicted octanol–water partition coefficient (Wildman–Crippen LogP) is 2.94. The van der Waals surface area contributed by atoms with E-state index in [1.165, 1.54) is 25.0 Å². The summed E-state index contributed by atoms with van der Waals surface area (Å²) >= 11 is 2.11. The molecule has 0 aromatic rings. The number of unbranched alkanes of at least 4 members (excludes halogenated alkanes) is 2. The molecule has 0 amide bonds. The molecule has 0 bridgehead atoms. The first-order valence-electron chi connectivity index (χ1n) is 6.08. The largest absolute Gasteiger partial charge is 0.314 e. The van der Waals surface area contributed by atoms with Gasteiger partial charge in [0.25, 0.3) is 0 Å². The Morgan fingerprint density at radius 3 is 3.00 bits per heavy atom. The van der Waals surface area contributed by atoms with E-state index in [4.69, 9.17) is 5.26 Å². The summed E-state index contributed by atoms with van der Waals surface area (Å²) in [5.74, 6) is 1.25. The van der Waals surface area contributed by atoms with Crippen molar-refractivity contribution in [2.75, 3.05) is 12.3 Å². The van der Waals surface area contributed by atoms with Crippen LogP contribution in [0.15, 0.2) is 0 Å². The van der Waals surface area contributed by atoms with Gasteiger partial charge in [0.1, 0.15) is 0 Å². The van der Waals surface area contributed by atoms with Gasteiger partial charge in [0.05, 0.1) is 6.07 Å². The summed E-state index contributed by atoms with van der Waals surface area (Å²) in [7, 11) is 0. The molecular formula is C12H22N2S. The predicted molar refractivity (Wildman–Crippen MR) is 67.0 cm³/mol. The summed E-state index contributed by atoms with van der Waals surface area (Å²) in [5, 5.41) is 12.9. The highest BCUT2D eigenvalue weighted by molar-refractivity contribution is 7.99. The fourth-order valence-electron chi connectivity index (χ4n) is 2.15. The number of rotatable bonds is 7. The summed E-state index contributed by atoms with van der Waals surface area (Å²) in [6.45, 7) is 3.34. The molecule has 2 atom stereocenters. The van der Waals surface area contributed by atoms with Crippen molar-refractivity contribution in [3.63, 3.8) is 0 Å². The Morgan fingerprint density at radius 2 is 2.27 bits per heavy atom. The van der Waals surface area contributed by atoms with Crippen molar-refractivity contribution in [1.29, 1.82) is 5.26 Å². The molecule has 0 aromatic heterocycles. The van der Waals surface area contributed by atoms with Crippen molar-refractivity contribution in [3.05, 3.63) is 0 Å². The molecule has 3 heteroatoms. The quantitative estimate of drug-likeness (QED) is 0.678. The van der Waals surface area contributed by atoms with Crippen molar-refractivity contribution in [1.82, 2.24) is 5.32 Å². The second kappa shape index (κ2) is 8.01. The Morgan fingerprint density at radius 1 is 1.40 bits per heavy atom. The molecule has 0 heterocycles. The van der Waals surface area contributed by atoms with Gasteiger partial charge in [-0.2, -0.15) is 17.0 Å². The summed E-state index contributed by atoms with van der Waals surface area (Å²) < 4.78 is 0. The van der Waals surface area contributed by atoms with E-state index in [1.54, 1.807) is 0 Å². The van der Waals surface area contributed by atoms with Crippen LogP contribution in [0.1, 0.15) is 45.4 Å². The maximum atomic E-state index is 8.40. The molecule has 2 nitrogen and oxygen atoms in total. The minimum absolute atomic E-state index is 0.709. The van der Waals surface area contributed by atoms with Crippen molar-refractivity contribution in [2.24, 2.45) is 0 Å². The fourth-order valence-corrected chi connectivity index (χ4v) is 3.29. The van der Waals surface area contributed by atoms with E-state index in [0.717, 1.165) is 30.7 Å². The van der Waals surface area contributed by atoms with E-state index in [1.807, 2.05) is 0 Å². The van der Waals surface area contributed by atoms with Gasteiger partial charge in [0, 0.05) is 17.7 Å². The lowest BCUT2D eigenvalue weighted by atomic mass is 10.2. The van der Waals surface area contributed by atoms with E-state index in [-0.39, 0.29) is 0 Å². The van der Waals surface area contributed by atoms with Crippen molar-refractivity contribution >= 4 is 11.8 Å². The Balaban J connectivity index is 1.97. The topological polar surface area (TPSA) is 35.8 Å². The first-order valence-corrected chi connectivity index (χ1v) is 7.13. The lowest BCUT2D eigenvalue weighted by molar-refractivity contribution is 0.510. The summed E-state index contributed by atoms with van der Waals surface area (Å²) in [6, 6.07) is 2.94. The zero-order valence-corrected chi connectivity index (χ0v) is 10.5. The molecule has 1 N–H and O–H groups in total. The van der Waals surface area contributed by atoms with Crippen LogP contribution in [0.2, 0.25) is 0 Å². The highest BCUT2D eigenvalue weighted by atomic mass is 32.2. The molecule has 1 rings (SSSR count). The van der Waals surface area contributed by atoms with Gasteiger partial charge >= 0.3 is 0 Å². The highest BCUT2D eigenvalue weighted by Gasteiger charge is 2.23. The number of nitriles is 1. The number of hydrogen-bond donors (Lipinski definition) is 1. The van der Waals surface area contributed by atoms with Gasteiger partial charge in [0.2, 0.25) is 0 Å². The van der Waals surface area contributed by atoms with Crippen LogP contribution in [0.5, 0.6) is 0 Å². The normalized spacial score (nSPS) is 25.3. The summed E-state index contributed by atoms with van der Waals surface area (Å²) in [5.41, 5.74) is 0. The molecule has 1 aliphatic rings. The molecule has 0 radical (unpaired) electrons. The van der Waals surface area contributed by atoms with Crippen molar-refractivity contribution < 1.29 is 0 Å². The van der Waals surface area contributed by atoms with Crippen LogP contribution < -0.4 is 5.32 Å². The van der Waals surface area contributed by atoms with Gasteiger partial charge in [-0.25, -0.2) is 0 Å². The van der Waals surface area contributed by atoms with Crippen LogP contribution in [0.4, 0.5) is 0 Å². The lowest BCUT2D eigenvalue weighted by Crippen LogP contribution is -2.27. The van der Waals surface area contributed by atoms with Crippen molar-refractivity contribution in [3.8, 4) is 6.07 Å². The van der Waals surface area contributed by atoms with Gasteiger partial charge in [0.15, 0.2) is 0 Å².